The van der Waals surface area contributed by atoms with Crippen molar-refractivity contribution >= 4 is 0 Å². The Hall–Kier alpha value is -3.40. The fourth-order valence-corrected chi connectivity index (χ4v) is 3.80. The van der Waals surface area contributed by atoms with Crippen LogP contribution in [0.3, 0.4) is 0 Å². The number of hydrogen-bond donors (Lipinski definition) is 1. The third kappa shape index (κ3) is 3.42. The monoisotopic (exact) mass is 395 g/mol. The predicted molar refractivity (Wildman–Crippen MR) is 109 cm³/mol. The van der Waals surface area contributed by atoms with Crippen LogP contribution < -0.4 is 25.5 Å². The van der Waals surface area contributed by atoms with E-state index >= 15 is 0 Å². The van der Waals surface area contributed by atoms with E-state index in [2.05, 4.69) is 13.0 Å². The zero-order valence-electron chi connectivity index (χ0n) is 17.1. The third-order valence-corrected chi connectivity index (χ3v) is 5.14. The zero-order chi connectivity index (χ0) is 21.1. The normalized spacial score (nSPS) is 15.3. The molecule has 7 heteroatoms. The van der Waals surface area contributed by atoms with Gasteiger partial charge in [0.05, 0.1) is 25.7 Å². The average Bonchev–Trinajstić information content (AvgIpc) is 2.72. The number of benzene rings is 1. The maximum atomic E-state index is 13.5. The second kappa shape index (κ2) is 8.31. The Labute approximate surface area is 169 Å². The van der Waals surface area contributed by atoms with Gasteiger partial charge >= 0.3 is 0 Å². The van der Waals surface area contributed by atoms with Gasteiger partial charge in [-0.3, -0.25) is 4.79 Å². The molecule has 0 spiro atoms. The van der Waals surface area contributed by atoms with E-state index in [4.69, 9.17) is 19.9 Å². The molecule has 1 aliphatic heterocycles. The molecule has 0 aliphatic carbocycles. The molecule has 0 saturated heterocycles. The molecule has 7 nitrogen and oxygen atoms in total. The summed E-state index contributed by atoms with van der Waals surface area (Å²) >= 11 is 0. The van der Waals surface area contributed by atoms with Crippen LogP contribution in [0.1, 0.15) is 43.0 Å². The number of hydrogen-bond acceptors (Lipinski definition) is 6. The third-order valence-electron chi connectivity index (χ3n) is 5.14. The highest BCUT2D eigenvalue weighted by Gasteiger charge is 2.36. The molecule has 3 rings (SSSR count). The van der Waals surface area contributed by atoms with Crippen molar-refractivity contribution in [2.45, 2.75) is 39.2 Å². The molecule has 1 aromatic carbocycles. The van der Waals surface area contributed by atoms with Crippen molar-refractivity contribution in [3.05, 3.63) is 62.9 Å². The topological polar surface area (TPSA) is 99.5 Å². The summed E-state index contributed by atoms with van der Waals surface area (Å²) in [6.07, 6.45) is 1.63. The summed E-state index contributed by atoms with van der Waals surface area (Å²) in [6.45, 7) is 4.50. The van der Waals surface area contributed by atoms with E-state index in [0.717, 1.165) is 18.5 Å². The quantitative estimate of drug-likeness (QED) is 0.807. The van der Waals surface area contributed by atoms with Gasteiger partial charge in [0.15, 0.2) is 0 Å². The van der Waals surface area contributed by atoms with E-state index in [1.807, 2.05) is 13.0 Å². The van der Waals surface area contributed by atoms with Gasteiger partial charge in [-0.15, -0.1) is 0 Å². The minimum atomic E-state index is -0.689. The largest absolute Gasteiger partial charge is 0.497 e. The molecule has 0 bridgehead atoms. The standard InChI is InChI=1S/C22H25N3O4/c1-5-7-13-10-18-20(22(26)25(13)6-2)19(16(12-23)21(24)29-18)15-9-8-14(27-3)11-17(15)28-4/h8-11,19H,5-7,24H2,1-4H3. The fourth-order valence-electron chi connectivity index (χ4n) is 3.80. The molecule has 2 N–H and O–H groups in total. The summed E-state index contributed by atoms with van der Waals surface area (Å²) in [4.78, 5) is 13.5. The lowest BCUT2D eigenvalue weighted by molar-refractivity contribution is 0.378. The van der Waals surface area contributed by atoms with Gasteiger partial charge in [0.25, 0.3) is 5.56 Å². The number of aromatic nitrogens is 1. The Morgan fingerprint density at radius 3 is 2.59 bits per heavy atom. The number of allylic oxidation sites excluding steroid dienone is 1. The maximum absolute atomic E-state index is 13.5. The summed E-state index contributed by atoms with van der Waals surface area (Å²) in [7, 11) is 3.10. The van der Waals surface area contributed by atoms with E-state index in [-0.39, 0.29) is 17.0 Å². The second-order valence-corrected chi connectivity index (χ2v) is 6.75. The van der Waals surface area contributed by atoms with Gasteiger partial charge < -0.3 is 24.5 Å². The van der Waals surface area contributed by atoms with Gasteiger partial charge in [0, 0.05) is 29.9 Å². The fraction of sp³-hybridized carbons (Fsp3) is 0.364. The summed E-state index contributed by atoms with van der Waals surface area (Å²) in [5.74, 6) is 0.813. The highest BCUT2D eigenvalue weighted by molar-refractivity contribution is 5.59. The van der Waals surface area contributed by atoms with Crippen LogP contribution >= 0.6 is 0 Å². The van der Waals surface area contributed by atoms with Gasteiger partial charge in [-0.2, -0.15) is 5.26 Å². The van der Waals surface area contributed by atoms with Crippen molar-refractivity contribution in [1.82, 2.24) is 4.57 Å². The lowest BCUT2D eigenvalue weighted by Gasteiger charge is -2.28. The first-order valence-electron chi connectivity index (χ1n) is 9.56. The molecule has 1 unspecified atom stereocenters. The van der Waals surface area contributed by atoms with Crippen molar-refractivity contribution in [1.29, 1.82) is 5.26 Å². The maximum Gasteiger partial charge on any atom is 0.258 e. The van der Waals surface area contributed by atoms with Crippen molar-refractivity contribution in [3.8, 4) is 23.3 Å². The number of methoxy groups -OCH3 is 2. The number of pyridine rings is 1. The minimum Gasteiger partial charge on any atom is -0.497 e. The van der Waals surface area contributed by atoms with Crippen LogP contribution in [0.15, 0.2) is 40.5 Å². The molecule has 0 radical (unpaired) electrons. The van der Waals surface area contributed by atoms with Crippen molar-refractivity contribution in [2.24, 2.45) is 5.73 Å². The molecule has 152 valence electrons. The molecule has 0 saturated carbocycles. The SMILES string of the molecule is CCCc1cc2c(c(=O)n1CC)C(c1ccc(OC)cc1OC)C(C#N)=C(N)O2. The predicted octanol–water partition coefficient (Wildman–Crippen LogP) is 3.06. The Morgan fingerprint density at radius 2 is 2.00 bits per heavy atom. The second-order valence-electron chi connectivity index (χ2n) is 6.75. The number of rotatable bonds is 6. The number of nitrogens with two attached hydrogens (primary N) is 1. The van der Waals surface area contributed by atoms with Gasteiger partial charge in [0.1, 0.15) is 28.9 Å². The van der Waals surface area contributed by atoms with Gasteiger partial charge in [-0.1, -0.05) is 19.4 Å². The van der Waals surface area contributed by atoms with Crippen molar-refractivity contribution in [3.63, 3.8) is 0 Å². The van der Waals surface area contributed by atoms with E-state index in [1.165, 1.54) is 7.11 Å². The molecule has 1 aromatic heterocycles. The summed E-state index contributed by atoms with van der Waals surface area (Å²) in [5.41, 5.74) is 8.01. The number of fused-ring (bicyclic) bond motifs is 1. The van der Waals surface area contributed by atoms with E-state index in [9.17, 15) is 10.1 Å². The molecule has 29 heavy (non-hydrogen) atoms. The van der Waals surface area contributed by atoms with Crippen LogP contribution in [-0.4, -0.2) is 18.8 Å². The van der Waals surface area contributed by atoms with Crippen LogP contribution in [0, 0.1) is 11.3 Å². The Bertz CT molecular complexity index is 1060. The molecular formula is C22H25N3O4. The smallest absolute Gasteiger partial charge is 0.258 e. The number of aryl methyl sites for hydroxylation is 1. The average molecular weight is 395 g/mol. The number of nitrogens with zero attached hydrogens (tertiary/aromatic N) is 2. The first-order chi connectivity index (χ1) is 14.0. The van der Waals surface area contributed by atoms with Gasteiger partial charge in [-0.05, 0) is 19.4 Å². The van der Waals surface area contributed by atoms with Crippen LogP contribution in [0.25, 0.3) is 0 Å². The van der Waals surface area contributed by atoms with Gasteiger partial charge in [0.2, 0.25) is 5.88 Å². The molecule has 1 aliphatic rings. The number of nitriles is 1. The van der Waals surface area contributed by atoms with Crippen molar-refractivity contribution < 1.29 is 14.2 Å². The molecule has 0 fully saturated rings. The van der Waals surface area contributed by atoms with Gasteiger partial charge in [-0.25, -0.2) is 0 Å². The Morgan fingerprint density at radius 1 is 1.24 bits per heavy atom. The van der Waals surface area contributed by atoms with E-state index < -0.39 is 5.92 Å². The van der Waals surface area contributed by atoms with Crippen molar-refractivity contribution in [2.75, 3.05) is 14.2 Å². The summed E-state index contributed by atoms with van der Waals surface area (Å²) in [5, 5.41) is 9.80. The van der Waals surface area contributed by atoms with E-state index in [1.54, 1.807) is 29.9 Å². The lowest BCUT2D eigenvalue weighted by Crippen LogP contribution is -2.33. The molecule has 2 aromatic rings. The Kier molecular flexibility index (Phi) is 5.83. The molecule has 1 atom stereocenters. The minimum absolute atomic E-state index is 0.000956. The van der Waals surface area contributed by atoms with Crippen LogP contribution in [0.4, 0.5) is 0 Å². The van der Waals surface area contributed by atoms with E-state index in [0.29, 0.717) is 34.9 Å². The first kappa shape index (κ1) is 20.3. The summed E-state index contributed by atoms with van der Waals surface area (Å²) in [6, 6.07) is 9.25. The Balaban J connectivity index is 2.34. The zero-order valence-corrected chi connectivity index (χ0v) is 17.1. The molecular weight excluding hydrogens is 370 g/mol. The lowest BCUT2D eigenvalue weighted by atomic mass is 9.83. The molecule has 2 heterocycles. The highest BCUT2D eigenvalue weighted by Crippen LogP contribution is 2.44. The first-order valence-corrected chi connectivity index (χ1v) is 9.56. The van der Waals surface area contributed by atoms with Crippen LogP contribution in [0.5, 0.6) is 17.2 Å². The van der Waals surface area contributed by atoms with Crippen LogP contribution in [0.2, 0.25) is 0 Å². The highest BCUT2D eigenvalue weighted by atomic mass is 16.5. The molecule has 0 amide bonds. The number of ether oxygens (including phenoxy) is 3. The summed E-state index contributed by atoms with van der Waals surface area (Å²) < 4.78 is 18.3. The van der Waals surface area contributed by atoms with Crippen LogP contribution in [-0.2, 0) is 13.0 Å².